The second kappa shape index (κ2) is 8.78. The Morgan fingerprint density at radius 3 is 1.79 bits per heavy atom. The molecule has 0 fully saturated rings. The minimum absolute atomic E-state index is 0. The van der Waals surface area contributed by atoms with Crippen molar-refractivity contribution in [1.82, 2.24) is 0 Å². The van der Waals surface area contributed by atoms with E-state index in [0.717, 1.165) is 11.4 Å². The Morgan fingerprint density at radius 1 is 0.833 bits per heavy atom. The summed E-state index contributed by atoms with van der Waals surface area (Å²) < 4.78 is 0. The normalized spacial score (nSPS) is 9.83. The molecule has 0 aliphatic carbocycles. The van der Waals surface area contributed by atoms with Crippen molar-refractivity contribution in [2.45, 2.75) is 0 Å². The van der Waals surface area contributed by atoms with Gasteiger partial charge in [0.15, 0.2) is 5.78 Å². The van der Waals surface area contributed by atoms with Gasteiger partial charge in [0.25, 0.3) is 0 Å². The summed E-state index contributed by atoms with van der Waals surface area (Å²) >= 11 is 0. The van der Waals surface area contributed by atoms with Crippen LogP contribution in [0, 0.1) is 0 Å². The van der Waals surface area contributed by atoms with Crippen LogP contribution >= 0.6 is 0 Å². The van der Waals surface area contributed by atoms with Crippen molar-refractivity contribution in [3.05, 3.63) is 59.2 Å². The van der Waals surface area contributed by atoms with Crippen LogP contribution in [0.3, 0.4) is 0 Å². The fraction of sp³-hybridized carbons (Fsp3) is 0.222. The van der Waals surface area contributed by atoms with Crippen molar-refractivity contribution >= 4 is 23.1 Å². The number of carbonyl (C=O) groups excluding carboxylic acids is 1. The van der Waals surface area contributed by atoms with Crippen LogP contribution in [0.25, 0.3) is 0 Å². The van der Waals surface area contributed by atoms with Crippen molar-refractivity contribution in [3.63, 3.8) is 0 Å². The SMILES string of the molecule is CN(C)c1ccc(C(=O)c2ccc(N(C)C)cc2C(=O)O)cc1.[H-].[K+]. The van der Waals surface area contributed by atoms with Gasteiger partial charge in [-0.3, -0.25) is 4.79 Å². The Labute approximate surface area is 186 Å². The van der Waals surface area contributed by atoms with E-state index in [1.54, 1.807) is 29.2 Å². The number of nitrogens with zero attached hydrogens (tertiary/aromatic N) is 2. The molecule has 1 N–H and O–H groups in total. The number of ketones is 1. The van der Waals surface area contributed by atoms with Gasteiger partial charge >= 0.3 is 57.4 Å². The third kappa shape index (κ3) is 4.67. The van der Waals surface area contributed by atoms with Crippen LogP contribution in [-0.2, 0) is 0 Å². The fourth-order valence-electron chi connectivity index (χ4n) is 2.25. The Morgan fingerprint density at radius 2 is 1.33 bits per heavy atom. The number of carbonyl (C=O) groups is 2. The number of carboxylic acid groups (broad SMARTS) is 1. The van der Waals surface area contributed by atoms with Crippen LogP contribution in [0.5, 0.6) is 0 Å². The molecule has 0 spiro atoms. The van der Waals surface area contributed by atoms with Crippen molar-refractivity contribution in [2.24, 2.45) is 0 Å². The summed E-state index contributed by atoms with van der Waals surface area (Å²) in [6.45, 7) is 0. The van der Waals surface area contributed by atoms with Gasteiger partial charge in [0.2, 0.25) is 0 Å². The van der Waals surface area contributed by atoms with Crippen LogP contribution in [0.4, 0.5) is 11.4 Å². The second-order valence-electron chi connectivity index (χ2n) is 5.70. The zero-order chi connectivity index (χ0) is 17.1. The van der Waals surface area contributed by atoms with Gasteiger partial charge in [-0.2, -0.15) is 0 Å². The molecule has 0 saturated heterocycles. The van der Waals surface area contributed by atoms with Gasteiger partial charge in [-0.05, 0) is 42.5 Å². The predicted molar refractivity (Wildman–Crippen MR) is 93.0 cm³/mol. The Bertz CT molecular complexity index is 746. The summed E-state index contributed by atoms with van der Waals surface area (Å²) in [4.78, 5) is 27.9. The van der Waals surface area contributed by atoms with Crippen molar-refractivity contribution < 1.29 is 67.5 Å². The molecular weight excluding hydrogens is 331 g/mol. The van der Waals surface area contributed by atoms with Gasteiger partial charge in [0, 0.05) is 50.7 Å². The molecule has 0 saturated carbocycles. The van der Waals surface area contributed by atoms with Crippen LogP contribution in [0.2, 0.25) is 0 Å². The number of carboxylic acids is 1. The van der Waals surface area contributed by atoms with Crippen molar-refractivity contribution in [3.8, 4) is 0 Å². The number of hydrogen-bond donors (Lipinski definition) is 1. The maximum Gasteiger partial charge on any atom is 1.00 e. The first-order chi connectivity index (χ1) is 10.8. The molecule has 0 bridgehead atoms. The number of aromatic carboxylic acids is 1. The smallest absolute Gasteiger partial charge is 1.00 e. The maximum atomic E-state index is 12.6. The summed E-state index contributed by atoms with van der Waals surface area (Å²) in [5.41, 5.74) is 2.39. The first-order valence-corrected chi connectivity index (χ1v) is 7.18. The Hall–Kier alpha value is -1.18. The molecule has 0 aromatic heterocycles. The van der Waals surface area contributed by atoms with Crippen molar-refractivity contribution in [2.75, 3.05) is 38.0 Å². The monoisotopic (exact) mass is 352 g/mol. The van der Waals surface area contributed by atoms with Crippen LogP contribution in [-0.4, -0.2) is 45.0 Å². The van der Waals surface area contributed by atoms with E-state index in [9.17, 15) is 14.7 Å². The Balaban J connectivity index is 0.00000288. The minimum atomic E-state index is -1.11. The topological polar surface area (TPSA) is 60.9 Å². The molecule has 0 amide bonds. The summed E-state index contributed by atoms with van der Waals surface area (Å²) in [7, 11) is 7.48. The molecule has 2 aromatic rings. The average molecular weight is 352 g/mol. The molecule has 122 valence electrons. The van der Waals surface area contributed by atoms with Crippen LogP contribution < -0.4 is 61.2 Å². The van der Waals surface area contributed by atoms with Gasteiger partial charge in [-0.25, -0.2) is 4.79 Å². The molecule has 2 rings (SSSR count). The van der Waals surface area contributed by atoms with Gasteiger partial charge in [0.05, 0.1) is 5.56 Å². The second-order valence-corrected chi connectivity index (χ2v) is 5.70. The molecule has 0 unspecified atom stereocenters. The Kier molecular flexibility index (Phi) is 7.63. The van der Waals surface area contributed by atoms with Gasteiger partial charge in [0.1, 0.15) is 0 Å². The molecule has 24 heavy (non-hydrogen) atoms. The average Bonchev–Trinajstić information content (AvgIpc) is 2.53. The van der Waals surface area contributed by atoms with E-state index < -0.39 is 5.97 Å². The fourth-order valence-corrected chi connectivity index (χ4v) is 2.25. The van der Waals surface area contributed by atoms with E-state index in [-0.39, 0.29) is 69.7 Å². The molecule has 0 aliphatic rings. The molecule has 6 heteroatoms. The van der Waals surface area contributed by atoms with Crippen molar-refractivity contribution in [1.29, 1.82) is 0 Å². The van der Waals surface area contributed by atoms with Gasteiger partial charge in [-0.15, -0.1) is 0 Å². The van der Waals surface area contributed by atoms with Gasteiger partial charge < -0.3 is 16.3 Å². The number of benzene rings is 2. The number of hydrogen-bond acceptors (Lipinski definition) is 4. The summed E-state index contributed by atoms with van der Waals surface area (Å²) in [6, 6.07) is 11.9. The molecule has 5 nitrogen and oxygen atoms in total. The molecular formula is C18H21KN2O3. The first kappa shape index (κ1) is 20.9. The standard InChI is InChI=1S/C18H20N2O3.K.H/c1-19(2)13-7-5-12(6-8-13)17(21)15-10-9-14(20(3)4)11-16(15)18(22)23;;/h5-11H,1-4H3,(H,22,23);;/q;+1;-1. The third-order valence-electron chi connectivity index (χ3n) is 3.64. The van der Waals surface area contributed by atoms with E-state index in [1.165, 1.54) is 6.07 Å². The van der Waals surface area contributed by atoms with Gasteiger partial charge in [-0.1, -0.05) is 0 Å². The van der Waals surface area contributed by atoms with E-state index >= 15 is 0 Å². The zero-order valence-electron chi connectivity index (χ0n) is 15.7. The molecule has 2 aromatic carbocycles. The maximum absolute atomic E-state index is 12.6. The van der Waals surface area contributed by atoms with E-state index in [2.05, 4.69) is 0 Å². The third-order valence-corrected chi connectivity index (χ3v) is 3.64. The van der Waals surface area contributed by atoms with Crippen LogP contribution in [0.15, 0.2) is 42.5 Å². The first-order valence-electron chi connectivity index (χ1n) is 7.18. The molecule has 0 heterocycles. The quantitative estimate of drug-likeness (QED) is 0.600. The minimum Gasteiger partial charge on any atom is -1.00 e. The van der Waals surface area contributed by atoms with E-state index in [1.807, 2.05) is 45.2 Å². The van der Waals surface area contributed by atoms with E-state index in [4.69, 9.17) is 0 Å². The predicted octanol–water partition coefficient (Wildman–Crippen LogP) is -0.136. The molecule has 0 radical (unpaired) electrons. The zero-order valence-corrected chi connectivity index (χ0v) is 17.8. The van der Waals surface area contributed by atoms with Crippen LogP contribution in [0.1, 0.15) is 27.7 Å². The molecule has 0 aliphatic heterocycles. The largest absolute Gasteiger partial charge is 1.00 e. The summed E-state index contributed by atoms with van der Waals surface area (Å²) in [5, 5.41) is 9.41. The summed E-state index contributed by atoms with van der Waals surface area (Å²) in [6.07, 6.45) is 0. The number of rotatable bonds is 5. The molecule has 0 atom stereocenters. The van der Waals surface area contributed by atoms with E-state index in [0.29, 0.717) is 5.56 Å². The number of anilines is 2. The summed E-state index contributed by atoms with van der Waals surface area (Å²) in [5.74, 6) is -1.40.